The lowest BCUT2D eigenvalue weighted by Crippen LogP contribution is -1.98. The molecule has 0 saturated carbocycles. The summed E-state index contributed by atoms with van der Waals surface area (Å²) in [6.45, 7) is 0. The summed E-state index contributed by atoms with van der Waals surface area (Å²) in [6.07, 6.45) is 1.55. The summed E-state index contributed by atoms with van der Waals surface area (Å²) in [5.41, 5.74) is 5.59. The number of nitrogens with one attached hydrogen (secondary N) is 1. The molecular weight excluding hydrogens is 346 g/mol. The number of nitrogens with zero attached hydrogens (tertiary/aromatic N) is 4. The molecule has 0 fully saturated rings. The quantitative estimate of drug-likeness (QED) is 0.326. The molecule has 27 heavy (non-hydrogen) atoms. The second kappa shape index (κ2) is 6.75. The van der Waals surface area contributed by atoms with Crippen molar-refractivity contribution in [3.63, 3.8) is 0 Å². The first kappa shape index (κ1) is 16.5. The summed E-state index contributed by atoms with van der Waals surface area (Å²) in [5.74, 6) is 1.78. The van der Waals surface area contributed by atoms with Crippen molar-refractivity contribution in [2.75, 3.05) is 5.43 Å². The van der Waals surface area contributed by atoms with Crippen LogP contribution in [0.15, 0.2) is 70.2 Å². The van der Waals surface area contributed by atoms with Gasteiger partial charge in [-0.2, -0.15) is 5.10 Å². The van der Waals surface area contributed by atoms with Gasteiger partial charge in [0.2, 0.25) is 5.95 Å². The van der Waals surface area contributed by atoms with Crippen molar-refractivity contribution in [1.82, 2.24) is 9.55 Å². The van der Waals surface area contributed by atoms with Crippen LogP contribution in [0.25, 0.3) is 22.4 Å². The molecule has 0 aliphatic carbocycles. The zero-order chi connectivity index (χ0) is 18.8. The van der Waals surface area contributed by atoms with Crippen molar-refractivity contribution < 1.29 is 9.34 Å². The van der Waals surface area contributed by atoms with Crippen LogP contribution in [0.1, 0.15) is 5.76 Å². The predicted molar refractivity (Wildman–Crippen MR) is 103 cm³/mol. The Kier molecular flexibility index (Phi) is 4.13. The molecule has 8 heteroatoms. The minimum atomic E-state index is -0.434. The minimum Gasteiger partial charge on any atom is -0.455 e. The summed E-state index contributed by atoms with van der Waals surface area (Å²) in [4.78, 5) is 14.8. The maximum atomic E-state index is 10.7. The van der Waals surface area contributed by atoms with Crippen LogP contribution in [-0.4, -0.2) is 20.7 Å². The lowest BCUT2D eigenvalue weighted by molar-refractivity contribution is -0.384. The van der Waals surface area contributed by atoms with E-state index in [9.17, 15) is 10.1 Å². The molecule has 134 valence electrons. The molecule has 0 aliphatic heterocycles. The lowest BCUT2D eigenvalue weighted by Gasteiger charge is -1.99. The van der Waals surface area contributed by atoms with E-state index in [2.05, 4.69) is 15.5 Å². The second-order valence-electron chi connectivity index (χ2n) is 5.86. The summed E-state index contributed by atoms with van der Waals surface area (Å²) in [6, 6.07) is 17.6. The lowest BCUT2D eigenvalue weighted by atomic mass is 10.1. The summed E-state index contributed by atoms with van der Waals surface area (Å²) >= 11 is 0. The van der Waals surface area contributed by atoms with Crippen LogP contribution >= 0.6 is 0 Å². The number of anilines is 1. The van der Waals surface area contributed by atoms with Crippen molar-refractivity contribution in [2.45, 2.75) is 0 Å². The SMILES string of the molecule is Cn1c(N/N=C\c2ccc(-c3ccc([N+](=O)[O-])cc3)o2)nc2ccccc21. The maximum absolute atomic E-state index is 10.7. The van der Waals surface area contributed by atoms with E-state index in [0.29, 0.717) is 17.5 Å². The third-order valence-electron chi connectivity index (χ3n) is 4.13. The van der Waals surface area contributed by atoms with Gasteiger partial charge in [0.15, 0.2) is 0 Å². The monoisotopic (exact) mass is 361 g/mol. The van der Waals surface area contributed by atoms with E-state index in [-0.39, 0.29) is 5.69 Å². The number of benzene rings is 2. The number of aromatic nitrogens is 2. The highest BCUT2D eigenvalue weighted by Crippen LogP contribution is 2.24. The molecule has 0 spiro atoms. The number of nitro benzene ring substituents is 1. The zero-order valence-electron chi connectivity index (χ0n) is 14.4. The molecule has 0 bridgehead atoms. The molecule has 8 nitrogen and oxygen atoms in total. The van der Waals surface area contributed by atoms with E-state index >= 15 is 0 Å². The Morgan fingerprint density at radius 2 is 1.93 bits per heavy atom. The van der Waals surface area contributed by atoms with Crippen LogP contribution < -0.4 is 5.43 Å². The third kappa shape index (κ3) is 3.28. The number of nitro groups is 1. The molecule has 0 atom stereocenters. The smallest absolute Gasteiger partial charge is 0.269 e. The van der Waals surface area contributed by atoms with Gasteiger partial charge in [-0.15, -0.1) is 0 Å². The molecule has 4 aromatic rings. The number of furan rings is 1. The Morgan fingerprint density at radius 1 is 1.15 bits per heavy atom. The Morgan fingerprint density at radius 3 is 2.67 bits per heavy atom. The van der Waals surface area contributed by atoms with Gasteiger partial charge in [0.1, 0.15) is 11.5 Å². The van der Waals surface area contributed by atoms with Gasteiger partial charge < -0.3 is 8.98 Å². The number of rotatable bonds is 5. The highest BCUT2D eigenvalue weighted by molar-refractivity contribution is 5.80. The molecule has 4 rings (SSSR count). The van der Waals surface area contributed by atoms with E-state index in [0.717, 1.165) is 16.6 Å². The number of hydrazone groups is 1. The average Bonchev–Trinajstić information content (AvgIpc) is 3.27. The fourth-order valence-corrected chi connectivity index (χ4v) is 2.72. The first-order valence-corrected chi connectivity index (χ1v) is 8.17. The Labute approximate surface area is 153 Å². The molecule has 2 aromatic carbocycles. The van der Waals surface area contributed by atoms with Crippen LogP contribution in [0.2, 0.25) is 0 Å². The van der Waals surface area contributed by atoms with Crippen molar-refractivity contribution in [1.29, 1.82) is 0 Å². The van der Waals surface area contributed by atoms with Gasteiger partial charge in [0.05, 0.1) is 22.2 Å². The molecule has 0 radical (unpaired) electrons. The number of aryl methyl sites for hydroxylation is 1. The molecule has 0 aliphatic rings. The van der Waals surface area contributed by atoms with Crippen molar-refractivity contribution in [3.05, 3.63) is 76.5 Å². The molecule has 0 unspecified atom stereocenters. The normalized spacial score (nSPS) is 11.3. The zero-order valence-corrected chi connectivity index (χ0v) is 14.4. The van der Waals surface area contributed by atoms with Crippen LogP contribution in [-0.2, 0) is 7.05 Å². The number of non-ortho nitro benzene ring substituents is 1. The summed E-state index contributed by atoms with van der Waals surface area (Å²) < 4.78 is 7.62. The van der Waals surface area contributed by atoms with E-state index in [1.807, 2.05) is 35.9 Å². The molecule has 0 saturated heterocycles. The standard InChI is InChI=1S/C19H15N5O3/c1-23-17-5-3-2-4-16(17)21-19(23)22-20-12-15-10-11-18(27-15)13-6-8-14(9-7-13)24(25)26/h2-12H,1H3,(H,21,22)/b20-12-. The molecular formula is C19H15N5O3. The van der Waals surface area contributed by atoms with E-state index in [1.54, 1.807) is 30.5 Å². The Hall–Kier alpha value is -3.94. The van der Waals surface area contributed by atoms with Crippen molar-refractivity contribution in [2.24, 2.45) is 12.1 Å². The first-order chi connectivity index (χ1) is 13.1. The average molecular weight is 361 g/mol. The number of hydrogen-bond donors (Lipinski definition) is 1. The van der Waals surface area contributed by atoms with Gasteiger partial charge in [-0.1, -0.05) is 12.1 Å². The topological polar surface area (TPSA) is 98.5 Å². The number of fused-ring (bicyclic) bond motifs is 1. The molecule has 2 heterocycles. The van der Waals surface area contributed by atoms with Crippen LogP contribution in [0.4, 0.5) is 11.6 Å². The highest BCUT2D eigenvalue weighted by Gasteiger charge is 2.08. The predicted octanol–water partition coefficient (Wildman–Crippen LogP) is 4.19. The van der Waals surface area contributed by atoms with Crippen LogP contribution in [0, 0.1) is 10.1 Å². The van der Waals surface area contributed by atoms with Gasteiger partial charge in [0.25, 0.3) is 5.69 Å². The third-order valence-corrected chi connectivity index (χ3v) is 4.13. The Bertz CT molecular complexity index is 1140. The fraction of sp³-hybridized carbons (Fsp3) is 0.0526. The van der Waals surface area contributed by atoms with E-state index < -0.39 is 4.92 Å². The largest absolute Gasteiger partial charge is 0.455 e. The van der Waals surface area contributed by atoms with Gasteiger partial charge in [-0.05, 0) is 36.4 Å². The van der Waals surface area contributed by atoms with Gasteiger partial charge in [-0.25, -0.2) is 10.4 Å². The fourth-order valence-electron chi connectivity index (χ4n) is 2.72. The maximum Gasteiger partial charge on any atom is 0.269 e. The summed E-state index contributed by atoms with van der Waals surface area (Å²) in [5, 5.41) is 14.9. The highest BCUT2D eigenvalue weighted by atomic mass is 16.6. The molecule has 0 amide bonds. The second-order valence-corrected chi connectivity index (χ2v) is 5.86. The van der Waals surface area contributed by atoms with Gasteiger partial charge >= 0.3 is 0 Å². The molecule has 1 N–H and O–H groups in total. The van der Waals surface area contributed by atoms with Crippen LogP contribution in [0.5, 0.6) is 0 Å². The Balaban J connectivity index is 1.48. The number of para-hydroxylation sites is 2. The first-order valence-electron chi connectivity index (χ1n) is 8.17. The van der Waals surface area contributed by atoms with E-state index in [4.69, 9.17) is 4.42 Å². The number of hydrogen-bond acceptors (Lipinski definition) is 6. The van der Waals surface area contributed by atoms with Gasteiger partial charge in [0, 0.05) is 24.7 Å². The molecule has 2 aromatic heterocycles. The summed E-state index contributed by atoms with van der Waals surface area (Å²) in [7, 11) is 1.91. The van der Waals surface area contributed by atoms with Gasteiger partial charge in [-0.3, -0.25) is 10.1 Å². The number of imidazole rings is 1. The van der Waals surface area contributed by atoms with E-state index in [1.165, 1.54) is 12.1 Å². The van der Waals surface area contributed by atoms with Crippen molar-refractivity contribution in [3.8, 4) is 11.3 Å². The van der Waals surface area contributed by atoms with Crippen molar-refractivity contribution >= 4 is 28.9 Å². The minimum absolute atomic E-state index is 0.0405. The van der Waals surface area contributed by atoms with Crippen LogP contribution in [0.3, 0.4) is 0 Å².